The van der Waals surface area contributed by atoms with Crippen molar-refractivity contribution >= 4 is 17.6 Å². The predicted octanol–water partition coefficient (Wildman–Crippen LogP) is 2.34. The van der Waals surface area contributed by atoms with Crippen LogP contribution in [0.5, 0.6) is 0 Å². The molecule has 0 fully saturated rings. The van der Waals surface area contributed by atoms with Gasteiger partial charge in [0.2, 0.25) is 0 Å². The molecular weight excluding hydrogens is 226 g/mol. The Kier molecular flexibility index (Phi) is 3.17. The second kappa shape index (κ2) is 4.44. The smallest absolute Gasteiger partial charge is 0.304 e. The molecule has 1 atom stereocenters. The number of carboxylic acids is 1. The van der Waals surface area contributed by atoms with Gasteiger partial charge in [-0.15, -0.1) is 0 Å². The van der Waals surface area contributed by atoms with Crippen molar-refractivity contribution in [3.63, 3.8) is 0 Å². The van der Waals surface area contributed by atoms with Crippen LogP contribution in [-0.4, -0.2) is 29.6 Å². The first-order valence-corrected chi connectivity index (χ1v) is 5.63. The van der Waals surface area contributed by atoms with Crippen molar-refractivity contribution in [3.8, 4) is 0 Å². The van der Waals surface area contributed by atoms with Gasteiger partial charge in [0.15, 0.2) is 0 Å². The van der Waals surface area contributed by atoms with E-state index in [0.29, 0.717) is 0 Å². The summed E-state index contributed by atoms with van der Waals surface area (Å²) < 4.78 is 0. The Morgan fingerprint density at radius 3 is 3.06 bits per heavy atom. The van der Waals surface area contributed by atoms with Crippen LogP contribution in [-0.2, 0) is 11.3 Å². The van der Waals surface area contributed by atoms with Crippen molar-refractivity contribution in [3.05, 3.63) is 34.3 Å². The van der Waals surface area contributed by atoms with Crippen LogP contribution in [0, 0.1) is 0 Å². The molecule has 1 unspecified atom stereocenters. The van der Waals surface area contributed by atoms with Gasteiger partial charge in [-0.3, -0.25) is 4.79 Å². The Morgan fingerprint density at radius 1 is 1.62 bits per heavy atom. The SMILES string of the molecule is CN1Cc2c(Cl)cccc2C(CC(=O)O)C1. The van der Waals surface area contributed by atoms with Crippen LogP contribution in [0.15, 0.2) is 18.2 Å². The van der Waals surface area contributed by atoms with Crippen molar-refractivity contribution in [2.45, 2.75) is 18.9 Å². The number of nitrogens with zero attached hydrogens (tertiary/aromatic N) is 1. The van der Waals surface area contributed by atoms with Gasteiger partial charge in [0.05, 0.1) is 6.42 Å². The van der Waals surface area contributed by atoms with E-state index in [-0.39, 0.29) is 12.3 Å². The van der Waals surface area contributed by atoms with E-state index < -0.39 is 5.97 Å². The maximum absolute atomic E-state index is 10.8. The summed E-state index contributed by atoms with van der Waals surface area (Å²) in [6.07, 6.45) is 0.164. The third kappa shape index (κ3) is 2.20. The molecule has 16 heavy (non-hydrogen) atoms. The van der Waals surface area contributed by atoms with Crippen LogP contribution in [0.4, 0.5) is 0 Å². The summed E-state index contributed by atoms with van der Waals surface area (Å²) in [6, 6.07) is 5.74. The molecule has 1 N–H and O–H groups in total. The summed E-state index contributed by atoms with van der Waals surface area (Å²) in [5, 5.41) is 9.63. The van der Waals surface area contributed by atoms with Gasteiger partial charge in [0, 0.05) is 24.0 Å². The zero-order valence-electron chi connectivity index (χ0n) is 9.11. The quantitative estimate of drug-likeness (QED) is 0.861. The van der Waals surface area contributed by atoms with E-state index in [1.54, 1.807) is 0 Å². The molecule has 1 heterocycles. The van der Waals surface area contributed by atoms with Crippen LogP contribution in [0.1, 0.15) is 23.5 Å². The van der Waals surface area contributed by atoms with E-state index in [9.17, 15) is 4.79 Å². The fraction of sp³-hybridized carbons (Fsp3) is 0.417. The lowest BCUT2D eigenvalue weighted by Crippen LogP contribution is -2.31. The summed E-state index contributed by atoms with van der Waals surface area (Å²) in [5.41, 5.74) is 2.16. The van der Waals surface area contributed by atoms with Gasteiger partial charge in [0.1, 0.15) is 0 Å². The van der Waals surface area contributed by atoms with Crippen molar-refractivity contribution < 1.29 is 9.90 Å². The van der Waals surface area contributed by atoms with E-state index in [1.165, 1.54) is 0 Å². The number of hydrogen-bond donors (Lipinski definition) is 1. The molecule has 1 aliphatic heterocycles. The Balaban J connectivity index is 2.38. The second-order valence-corrected chi connectivity index (χ2v) is 4.71. The Bertz CT molecular complexity index is 419. The van der Waals surface area contributed by atoms with Crippen molar-refractivity contribution in [2.75, 3.05) is 13.6 Å². The summed E-state index contributed by atoms with van der Waals surface area (Å²) >= 11 is 6.14. The molecule has 1 aromatic carbocycles. The standard InChI is InChI=1S/C12H14ClNO2/c1-14-6-8(5-12(15)16)9-3-2-4-11(13)10(9)7-14/h2-4,8H,5-7H2,1H3,(H,15,16). The van der Waals surface area contributed by atoms with Crippen molar-refractivity contribution in [1.82, 2.24) is 4.90 Å². The monoisotopic (exact) mass is 239 g/mol. The number of carbonyl (C=O) groups is 1. The highest BCUT2D eigenvalue weighted by molar-refractivity contribution is 6.31. The molecular formula is C12H14ClNO2. The van der Waals surface area contributed by atoms with Gasteiger partial charge in [-0.05, 0) is 24.2 Å². The first kappa shape index (κ1) is 11.4. The summed E-state index contributed by atoms with van der Waals surface area (Å²) in [7, 11) is 1.99. The Labute approximate surface area is 99.6 Å². The number of hydrogen-bond acceptors (Lipinski definition) is 2. The average Bonchev–Trinajstić information content (AvgIpc) is 2.18. The van der Waals surface area contributed by atoms with Gasteiger partial charge in [-0.2, -0.15) is 0 Å². The topological polar surface area (TPSA) is 40.5 Å². The van der Waals surface area contributed by atoms with E-state index in [4.69, 9.17) is 16.7 Å². The van der Waals surface area contributed by atoms with Crippen LogP contribution in [0.25, 0.3) is 0 Å². The van der Waals surface area contributed by atoms with Gasteiger partial charge in [0.25, 0.3) is 0 Å². The molecule has 0 saturated heterocycles. The van der Waals surface area contributed by atoms with Gasteiger partial charge in [-0.1, -0.05) is 23.7 Å². The fourth-order valence-electron chi connectivity index (χ4n) is 2.32. The minimum absolute atomic E-state index is 0.0462. The van der Waals surface area contributed by atoms with Crippen LogP contribution in [0.2, 0.25) is 5.02 Å². The van der Waals surface area contributed by atoms with Crippen LogP contribution < -0.4 is 0 Å². The molecule has 0 radical (unpaired) electrons. The third-order valence-corrected chi connectivity index (χ3v) is 3.33. The maximum atomic E-state index is 10.8. The Hall–Kier alpha value is -1.06. The number of benzene rings is 1. The second-order valence-electron chi connectivity index (χ2n) is 4.30. The molecule has 0 saturated carbocycles. The minimum atomic E-state index is -0.758. The minimum Gasteiger partial charge on any atom is -0.481 e. The molecule has 1 aliphatic rings. The van der Waals surface area contributed by atoms with Crippen LogP contribution in [0.3, 0.4) is 0 Å². The molecule has 86 valence electrons. The molecule has 4 heteroatoms. The van der Waals surface area contributed by atoms with Crippen molar-refractivity contribution in [1.29, 1.82) is 0 Å². The average molecular weight is 240 g/mol. The lowest BCUT2D eigenvalue weighted by atomic mass is 9.88. The molecule has 0 aromatic heterocycles. The largest absolute Gasteiger partial charge is 0.481 e. The molecule has 0 amide bonds. The van der Waals surface area contributed by atoms with E-state index in [1.807, 2.05) is 25.2 Å². The highest BCUT2D eigenvalue weighted by Crippen LogP contribution is 2.33. The zero-order valence-corrected chi connectivity index (χ0v) is 9.87. The molecule has 0 aliphatic carbocycles. The van der Waals surface area contributed by atoms with E-state index in [2.05, 4.69) is 4.90 Å². The molecule has 3 nitrogen and oxygen atoms in total. The summed E-state index contributed by atoms with van der Waals surface area (Å²) in [4.78, 5) is 12.9. The molecule has 0 spiro atoms. The number of likely N-dealkylation sites (N-methyl/N-ethyl adjacent to an activating group) is 1. The summed E-state index contributed by atoms with van der Waals surface area (Å²) in [5.74, 6) is -0.712. The number of fused-ring (bicyclic) bond motifs is 1. The normalized spacial score (nSPS) is 20.5. The van der Waals surface area contributed by atoms with Gasteiger partial charge >= 0.3 is 5.97 Å². The molecule has 2 rings (SSSR count). The Morgan fingerprint density at radius 2 is 2.38 bits per heavy atom. The lowest BCUT2D eigenvalue weighted by Gasteiger charge is -2.32. The molecule has 0 bridgehead atoms. The van der Waals surface area contributed by atoms with Crippen LogP contribution >= 0.6 is 11.6 Å². The number of aliphatic carboxylic acids is 1. The number of rotatable bonds is 2. The molecule has 1 aromatic rings. The first-order chi connectivity index (χ1) is 7.58. The predicted molar refractivity (Wildman–Crippen MR) is 62.8 cm³/mol. The highest BCUT2D eigenvalue weighted by Gasteiger charge is 2.26. The first-order valence-electron chi connectivity index (χ1n) is 5.25. The summed E-state index contributed by atoms with van der Waals surface area (Å²) in [6.45, 7) is 1.57. The zero-order chi connectivity index (χ0) is 11.7. The lowest BCUT2D eigenvalue weighted by molar-refractivity contribution is -0.137. The maximum Gasteiger partial charge on any atom is 0.304 e. The number of halogens is 1. The van der Waals surface area contributed by atoms with Crippen molar-refractivity contribution in [2.24, 2.45) is 0 Å². The van der Waals surface area contributed by atoms with E-state index >= 15 is 0 Å². The van der Waals surface area contributed by atoms with Gasteiger partial charge < -0.3 is 10.0 Å². The fourth-order valence-corrected chi connectivity index (χ4v) is 2.56. The van der Waals surface area contributed by atoms with E-state index in [0.717, 1.165) is 29.2 Å². The third-order valence-electron chi connectivity index (χ3n) is 2.98. The number of carboxylic acid groups (broad SMARTS) is 1. The van der Waals surface area contributed by atoms with Gasteiger partial charge in [-0.25, -0.2) is 0 Å². The highest BCUT2D eigenvalue weighted by atomic mass is 35.5.